The van der Waals surface area contributed by atoms with Gasteiger partial charge in [-0.3, -0.25) is 14.3 Å². The molecule has 8 heteroatoms. The normalized spacial score (nSPS) is 18.2. The summed E-state index contributed by atoms with van der Waals surface area (Å²) < 4.78 is 7.40. The Kier molecular flexibility index (Phi) is 4.24. The molecule has 23 heavy (non-hydrogen) atoms. The van der Waals surface area contributed by atoms with Crippen molar-refractivity contribution in [2.24, 2.45) is 0 Å². The summed E-state index contributed by atoms with van der Waals surface area (Å²) in [6, 6.07) is 1.42. The second-order valence-electron chi connectivity index (χ2n) is 5.45. The lowest BCUT2D eigenvalue weighted by Crippen LogP contribution is -2.42. The lowest BCUT2D eigenvalue weighted by Gasteiger charge is -2.32. The molecule has 0 radical (unpaired) electrons. The van der Waals surface area contributed by atoms with Crippen molar-refractivity contribution in [1.29, 1.82) is 0 Å². The fourth-order valence-corrected chi connectivity index (χ4v) is 2.61. The molecule has 0 aliphatic carbocycles. The molecule has 2 aromatic heterocycles. The molecule has 1 atom stereocenters. The molecule has 0 spiro atoms. The number of nitrogens with zero attached hydrogens (tertiary/aromatic N) is 4. The molecule has 1 saturated heterocycles. The maximum absolute atomic E-state index is 12.6. The number of aromatic nitrogens is 4. The number of hydrogen-bond acceptors (Lipinski definition) is 5. The van der Waals surface area contributed by atoms with Crippen molar-refractivity contribution in [3.05, 3.63) is 45.9 Å². The number of amides is 1. The monoisotopic (exact) mass is 317 g/mol. The third kappa shape index (κ3) is 3.31. The van der Waals surface area contributed by atoms with E-state index in [1.165, 1.54) is 6.07 Å². The zero-order valence-electron chi connectivity index (χ0n) is 13.2. The summed E-state index contributed by atoms with van der Waals surface area (Å²) in [7, 11) is 0. The van der Waals surface area contributed by atoms with Crippen LogP contribution in [0.15, 0.2) is 23.3 Å². The summed E-state index contributed by atoms with van der Waals surface area (Å²) in [4.78, 5) is 32.8. The Morgan fingerprint density at radius 1 is 1.52 bits per heavy atom. The van der Waals surface area contributed by atoms with Crippen molar-refractivity contribution in [3.63, 3.8) is 0 Å². The molecule has 3 rings (SSSR count). The molecular formula is C15H19N5O3. The van der Waals surface area contributed by atoms with E-state index in [-0.39, 0.29) is 11.5 Å². The van der Waals surface area contributed by atoms with Gasteiger partial charge in [0, 0.05) is 25.4 Å². The van der Waals surface area contributed by atoms with Crippen molar-refractivity contribution in [1.82, 2.24) is 24.6 Å². The van der Waals surface area contributed by atoms with Crippen LogP contribution in [0.1, 0.15) is 34.9 Å². The van der Waals surface area contributed by atoms with E-state index in [9.17, 15) is 9.59 Å². The van der Waals surface area contributed by atoms with Gasteiger partial charge in [-0.25, -0.2) is 4.98 Å². The van der Waals surface area contributed by atoms with Crippen LogP contribution in [0.3, 0.4) is 0 Å². The Morgan fingerprint density at radius 3 is 3.04 bits per heavy atom. The lowest BCUT2D eigenvalue weighted by molar-refractivity contribution is -0.0249. The number of aryl methyl sites for hydroxylation is 2. The van der Waals surface area contributed by atoms with Crippen LogP contribution in [0.4, 0.5) is 0 Å². The van der Waals surface area contributed by atoms with Crippen molar-refractivity contribution in [2.75, 3.05) is 19.7 Å². The van der Waals surface area contributed by atoms with E-state index in [2.05, 4.69) is 15.1 Å². The molecule has 1 aliphatic rings. The predicted molar refractivity (Wildman–Crippen MR) is 82.1 cm³/mol. The highest BCUT2D eigenvalue weighted by atomic mass is 16.5. The number of nitrogens with one attached hydrogen (secondary N) is 1. The number of carbonyl (C=O) groups is 1. The fraction of sp³-hybridized carbons (Fsp3) is 0.467. The number of morpholine rings is 1. The maximum atomic E-state index is 12.6. The first kappa shape index (κ1) is 15.4. The molecule has 0 saturated carbocycles. The van der Waals surface area contributed by atoms with Gasteiger partial charge in [-0.05, 0) is 13.8 Å². The summed E-state index contributed by atoms with van der Waals surface area (Å²) in [5, 5.41) is 4.13. The summed E-state index contributed by atoms with van der Waals surface area (Å²) in [5.41, 5.74) is 0.888. The Morgan fingerprint density at radius 2 is 2.35 bits per heavy atom. The number of hydrogen-bond donors (Lipinski definition) is 1. The molecule has 1 fully saturated rings. The van der Waals surface area contributed by atoms with Gasteiger partial charge in [0.25, 0.3) is 11.5 Å². The van der Waals surface area contributed by atoms with Gasteiger partial charge in [-0.2, -0.15) is 5.10 Å². The molecule has 0 bridgehead atoms. The third-order valence-corrected chi connectivity index (χ3v) is 3.77. The maximum Gasteiger partial charge on any atom is 0.257 e. The van der Waals surface area contributed by atoms with E-state index < -0.39 is 6.10 Å². The Hall–Kier alpha value is -2.48. The van der Waals surface area contributed by atoms with Gasteiger partial charge >= 0.3 is 0 Å². The second-order valence-corrected chi connectivity index (χ2v) is 5.45. The van der Waals surface area contributed by atoms with E-state index in [0.29, 0.717) is 36.8 Å². The Labute approximate surface area is 133 Å². The van der Waals surface area contributed by atoms with Gasteiger partial charge in [-0.15, -0.1) is 0 Å². The molecule has 3 heterocycles. The standard InChI is InChI=1S/C15H19N5O3/c1-3-20-8-11(7-16-20)15(22)19-4-5-23-13(9-19)12-6-14(21)18-10(2)17-12/h6-8,13H,3-5,9H2,1-2H3,(H,17,18,21). The van der Waals surface area contributed by atoms with Gasteiger partial charge in [-0.1, -0.05) is 0 Å². The summed E-state index contributed by atoms with van der Waals surface area (Å²) in [6.45, 7) is 5.68. The smallest absolute Gasteiger partial charge is 0.257 e. The first-order valence-electron chi connectivity index (χ1n) is 7.58. The lowest BCUT2D eigenvalue weighted by atomic mass is 10.1. The quantitative estimate of drug-likeness (QED) is 0.890. The van der Waals surface area contributed by atoms with Gasteiger partial charge < -0.3 is 14.6 Å². The average Bonchev–Trinajstić information content (AvgIpc) is 3.02. The van der Waals surface area contributed by atoms with Gasteiger partial charge in [0.1, 0.15) is 11.9 Å². The van der Waals surface area contributed by atoms with Crippen LogP contribution in [-0.2, 0) is 11.3 Å². The average molecular weight is 317 g/mol. The number of rotatable bonds is 3. The predicted octanol–water partition coefficient (Wildman–Crippen LogP) is 0.508. The van der Waals surface area contributed by atoms with Crippen LogP contribution in [0.2, 0.25) is 0 Å². The number of ether oxygens (including phenoxy) is 1. The van der Waals surface area contributed by atoms with Crippen molar-refractivity contribution >= 4 is 5.91 Å². The Bertz CT molecular complexity index is 766. The summed E-state index contributed by atoms with van der Waals surface area (Å²) in [6.07, 6.45) is 2.92. The molecule has 1 N–H and O–H groups in total. The summed E-state index contributed by atoms with van der Waals surface area (Å²) in [5.74, 6) is 0.448. The van der Waals surface area contributed by atoms with Crippen molar-refractivity contribution < 1.29 is 9.53 Å². The van der Waals surface area contributed by atoms with Crippen LogP contribution >= 0.6 is 0 Å². The molecular weight excluding hydrogens is 298 g/mol. The van der Waals surface area contributed by atoms with E-state index in [1.807, 2.05) is 6.92 Å². The zero-order chi connectivity index (χ0) is 16.4. The van der Waals surface area contributed by atoms with Crippen LogP contribution in [0.25, 0.3) is 0 Å². The third-order valence-electron chi connectivity index (χ3n) is 3.77. The van der Waals surface area contributed by atoms with E-state index in [4.69, 9.17) is 4.74 Å². The Balaban J connectivity index is 1.77. The van der Waals surface area contributed by atoms with Gasteiger partial charge in [0.05, 0.1) is 30.6 Å². The molecule has 1 aliphatic heterocycles. The SMILES string of the molecule is CCn1cc(C(=O)N2CCOC(c3cc(=O)[nH]c(C)n3)C2)cn1. The summed E-state index contributed by atoms with van der Waals surface area (Å²) >= 11 is 0. The van der Waals surface area contributed by atoms with E-state index in [0.717, 1.165) is 6.54 Å². The zero-order valence-corrected chi connectivity index (χ0v) is 13.2. The largest absolute Gasteiger partial charge is 0.368 e. The van der Waals surface area contributed by atoms with E-state index in [1.54, 1.807) is 28.9 Å². The number of aromatic amines is 1. The minimum atomic E-state index is -0.394. The highest BCUT2D eigenvalue weighted by Crippen LogP contribution is 2.21. The van der Waals surface area contributed by atoms with Crippen LogP contribution in [0, 0.1) is 6.92 Å². The van der Waals surface area contributed by atoms with Crippen LogP contribution in [-0.4, -0.2) is 50.3 Å². The topological polar surface area (TPSA) is 93.1 Å². The minimum absolute atomic E-state index is 0.0837. The molecule has 0 aromatic carbocycles. The van der Waals surface area contributed by atoms with Crippen molar-refractivity contribution in [3.8, 4) is 0 Å². The highest BCUT2D eigenvalue weighted by molar-refractivity contribution is 5.93. The molecule has 122 valence electrons. The van der Waals surface area contributed by atoms with Gasteiger partial charge in [0.2, 0.25) is 0 Å². The molecule has 8 nitrogen and oxygen atoms in total. The number of H-pyrrole nitrogens is 1. The second kappa shape index (κ2) is 6.33. The molecule has 1 unspecified atom stereocenters. The van der Waals surface area contributed by atoms with Crippen molar-refractivity contribution in [2.45, 2.75) is 26.5 Å². The van der Waals surface area contributed by atoms with Crippen LogP contribution in [0.5, 0.6) is 0 Å². The minimum Gasteiger partial charge on any atom is -0.368 e. The fourth-order valence-electron chi connectivity index (χ4n) is 2.61. The number of carbonyl (C=O) groups excluding carboxylic acids is 1. The van der Waals surface area contributed by atoms with Crippen LogP contribution < -0.4 is 5.56 Å². The van der Waals surface area contributed by atoms with E-state index >= 15 is 0 Å². The van der Waals surface area contributed by atoms with Gasteiger partial charge in [0.15, 0.2) is 0 Å². The highest BCUT2D eigenvalue weighted by Gasteiger charge is 2.28. The molecule has 2 aromatic rings. The molecule has 1 amide bonds. The first-order chi connectivity index (χ1) is 11.1. The first-order valence-corrected chi connectivity index (χ1v) is 7.58.